The zero-order valence-corrected chi connectivity index (χ0v) is 92.0. The Balaban J connectivity index is 0.000000173. The van der Waals surface area contributed by atoms with Gasteiger partial charge in [-0.3, -0.25) is 4.72 Å². The molecule has 0 spiro atoms. The number of benzene rings is 9. The number of hydrogen-bond donors (Lipinski definition) is 6. The number of nitrogens with one attached hydrogen (secondary N) is 1. The monoisotopic (exact) mass is 2190 g/mol. The lowest BCUT2D eigenvalue weighted by Gasteiger charge is -2.32. The van der Waals surface area contributed by atoms with Gasteiger partial charge < -0.3 is 96.4 Å². The molecule has 8 heterocycles. The van der Waals surface area contributed by atoms with Crippen molar-refractivity contribution < 1.29 is 118 Å². The first-order chi connectivity index (χ1) is 68.3. The number of aromatic hydroxyl groups is 3. The maximum absolute atomic E-state index is 13.0. The molecule has 0 radical (unpaired) electrons. The Hall–Kier alpha value is -12.8. The van der Waals surface area contributed by atoms with Crippen molar-refractivity contribution in [1.29, 1.82) is 0 Å². The Kier molecular flexibility index (Phi) is 36.1. The molecule has 0 saturated heterocycles. The fourth-order valence-electron chi connectivity index (χ4n) is 14.5. The first-order valence-corrected chi connectivity index (χ1v) is 51.6. The van der Waals surface area contributed by atoms with E-state index in [0.29, 0.717) is 114 Å². The molecule has 33 nitrogen and oxygen atoms in total. The number of imide groups is 2. The number of aromatic nitrogens is 4. The third kappa shape index (κ3) is 33.4. The first-order valence-electron chi connectivity index (χ1n) is 47.1. The van der Waals surface area contributed by atoms with Crippen LogP contribution in [0, 0.1) is 0 Å². The second kappa shape index (κ2) is 46.3. The average molecular weight is 2190 g/mol. The van der Waals surface area contributed by atoms with E-state index in [9.17, 15) is 32.7 Å². The summed E-state index contributed by atoms with van der Waals surface area (Å²) in [5.41, 5.74) is 10.3. The van der Waals surface area contributed by atoms with Crippen molar-refractivity contribution in [3.05, 3.63) is 223 Å². The van der Waals surface area contributed by atoms with Crippen LogP contribution in [0.2, 0.25) is 20.1 Å². The predicted molar refractivity (Wildman–Crippen MR) is 570 cm³/mol. The average Bonchev–Trinajstić information content (AvgIpc) is 1.63. The summed E-state index contributed by atoms with van der Waals surface area (Å²) in [4.78, 5) is 52.9. The molecule has 7 N–H and O–H groups in total. The smallest absolute Gasteiger partial charge is 0.425 e. The molecule has 147 heavy (non-hydrogen) atoms. The molecule has 4 aliphatic rings. The zero-order valence-electron chi connectivity index (χ0n) is 86.5. The highest BCUT2D eigenvalue weighted by molar-refractivity contribution is 9.08. The number of nitrogen functional groups attached to an aromatic ring is 1. The van der Waals surface area contributed by atoms with Crippen LogP contribution in [0.1, 0.15) is 223 Å². The molecular formula is C108H127BrCl4N8O25S. The van der Waals surface area contributed by atoms with E-state index in [4.69, 9.17) is 138 Å². The Morgan fingerprint density at radius 2 is 0.694 bits per heavy atom. The van der Waals surface area contributed by atoms with Gasteiger partial charge in [-0.15, -0.1) is 6.58 Å². The number of phenolic OH excluding ortho intramolecular Hbond substituents is 3. The molecular weight excluding hydrogens is 2060 g/mol. The molecule has 39 heteroatoms. The van der Waals surface area contributed by atoms with Gasteiger partial charge in [0.05, 0.1) is 33.4 Å². The lowest BCUT2D eigenvalue weighted by Crippen LogP contribution is -2.44. The fourth-order valence-corrected chi connectivity index (χ4v) is 16.5. The van der Waals surface area contributed by atoms with Gasteiger partial charge in [0.15, 0.2) is 45.6 Å². The number of aryl methyl sites for hydroxylation is 4. The second-order valence-corrected chi connectivity index (χ2v) is 46.2. The lowest BCUT2D eigenvalue weighted by molar-refractivity contribution is 0.0406. The Morgan fingerprint density at radius 3 is 1.01 bits per heavy atom. The normalized spacial score (nSPS) is 14.5. The van der Waals surface area contributed by atoms with E-state index >= 15 is 0 Å². The van der Waals surface area contributed by atoms with Crippen LogP contribution < -0.4 is 53.4 Å². The van der Waals surface area contributed by atoms with E-state index in [0.717, 1.165) is 120 Å². The van der Waals surface area contributed by atoms with Crippen LogP contribution in [0.4, 0.5) is 42.4 Å². The second-order valence-electron chi connectivity index (χ2n) is 42.3. The Labute approximate surface area is 882 Å². The van der Waals surface area contributed by atoms with Crippen LogP contribution in [0.15, 0.2) is 176 Å². The number of carbonyl (C=O) groups excluding carboxylic acids is 4. The number of fused-ring (bicyclic) bond motifs is 8. The predicted octanol–water partition coefficient (Wildman–Crippen LogP) is 27.7. The topological polar surface area (TPSA) is 434 Å². The largest absolute Gasteiger partial charge is 0.508 e. The van der Waals surface area contributed by atoms with Crippen molar-refractivity contribution in [3.63, 3.8) is 0 Å². The number of ether oxygens (including phenoxy) is 11. The molecule has 0 atom stereocenters. The minimum Gasteiger partial charge on any atom is -0.508 e. The molecule has 13 aromatic rings. The fraction of sp³-hybridized carbons (Fsp3) is 0.407. The van der Waals surface area contributed by atoms with Crippen LogP contribution in [0.3, 0.4) is 0 Å². The van der Waals surface area contributed by atoms with Gasteiger partial charge in [0, 0.05) is 42.1 Å². The first kappa shape index (κ1) is 115. The maximum atomic E-state index is 13.0. The molecule has 0 fully saturated rings. The van der Waals surface area contributed by atoms with Crippen molar-refractivity contribution in [2.45, 2.75) is 279 Å². The third-order valence-corrected chi connectivity index (χ3v) is 24.5. The third-order valence-electron chi connectivity index (χ3n) is 21.9. The maximum Gasteiger partial charge on any atom is 0.425 e. The minimum atomic E-state index is -3.47. The van der Waals surface area contributed by atoms with Crippen LogP contribution in [0.25, 0.3) is 43.9 Å². The molecule has 0 aliphatic carbocycles. The number of rotatable bonds is 15. The quantitative estimate of drug-likeness (QED) is 0.0240. The molecule has 0 saturated carbocycles. The molecule has 790 valence electrons. The van der Waals surface area contributed by atoms with E-state index in [1.165, 1.54) is 35.9 Å². The van der Waals surface area contributed by atoms with E-state index in [1.807, 2.05) is 66.7 Å². The number of anilines is 4. The Bertz CT molecular complexity index is 6970. The van der Waals surface area contributed by atoms with Crippen LogP contribution in [0.5, 0.6) is 57.5 Å². The number of amides is 4. The van der Waals surface area contributed by atoms with Gasteiger partial charge in [0.2, 0.25) is 10.0 Å². The highest BCUT2D eigenvalue weighted by Gasteiger charge is 2.40. The van der Waals surface area contributed by atoms with E-state index in [-0.39, 0.29) is 64.6 Å². The summed E-state index contributed by atoms with van der Waals surface area (Å²) >= 11 is 28.9. The van der Waals surface area contributed by atoms with Crippen LogP contribution in [-0.4, -0.2) is 131 Å². The van der Waals surface area contributed by atoms with Crippen molar-refractivity contribution >= 4 is 164 Å². The number of sulfonamides is 1. The van der Waals surface area contributed by atoms with Gasteiger partial charge in [-0.2, -0.15) is 9.80 Å². The molecule has 4 amide bonds. The van der Waals surface area contributed by atoms with Crippen molar-refractivity contribution in [1.82, 2.24) is 20.6 Å². The molecule has 0 bridgehead atoms. The summed E-state index contributed by atoms with van der Waals surface area (Å²) < 4.78 is 110. The minimum absolute atomic E-state index is 0.0449. The van der Waals surface area contributed by atoms with E-state index in [2.05, 4.69) is 103 Å². The number of hydrogen-bond acceptors (Lipinski definition) is 30. The molecule has 4 aliphatic heterocycles. The van der Waals surface area contributed by atoms with Gasteiger partial charge in [0.25, 0.3) is 0 Å². The summed E-state index contributed by atoms with van der Waals surface area (Å²) in [5, 5.41) is 54.9. The number of halogens is 5. The number of aliphatic hydroxyl groups is 1. The molecule has 9 aromatic carbocycles. The number of carbonyl (C=O) groups is 4. The number of nitrogens with zero attached hydrogens (tertiary/aromatic N) is 6. The summed E-state index contributed by atoms with van der Waals surface area (Å²) in [6.45, 7) is 44.5. The molecule has 0 unspecified atom stereocenters. The summed E-state index contributed by atoms with van der Waals surface area (Å²) in [7, 11) is -3.47. The van der Waals surface area contributed by atoms with Crippen LogP contribution >= 0.6 is 62.3 Å². The van der Waals surface area contributed by atoms with E-state index in [1.54, 1.807) is 152 Å². The molecule has 4 aromatic heterocycles. The number of phenols is 3. The molecule has 17 rings (SSSR count). The Morgan fingerprint density at radius 1 is 0.422 bits per heavy atom. The summed E-state index contributed by atoms with van der Waals surface area (Å²) in [6.07, 6.45) is 6.44. The van der Waals surface area contributed by atoms with Crippen molar-refractivity contribution in [2.24, 2.45) is 0 Å². The summed E-state index contributed by atoms with van der Waals surface area (Å²) in [5.74, 6) is 6.77. The van der Waals surface area contributed by atoms with Gasteiger partial charge in [-0.1, -0.05) is 89.0 Å². The standard InChI is InChI=1S/C29H35ClN2O7.C20H21ClN2O5S.C19H19ClN2O3.C18H22BrClN2O5.C11H14O2.C6H6O2.C5H10O/c1-27(2,3)37-25(33)32(26(34)38-28(4,5)6)24-20-15-21(30)18(14-23(20)39-31-24)16-35-19-9-10-22-17(13-19)11-12-29(7,8)36-22;1-20(2)7-6-12-8-14(4-5-17(12)27-20)26-11-13-9-18-15(10-16(13)21)19(22-28-18)23-29(3,24)25;1-19(2)6-5-11-7-13(3-4-16(11)24-19)23-10-12-8-17-14(9-15(12)20)18(21)22-25-17;1-17(2,3)25-15(23)22(16(24)26-18(4,5)6)14-11-8-12(20)10(9-19)7-13(11)27-21-14;1-11(2)6-5-8-7-9(12)3-4-10(8)13-11;7-5-1-2-6(8)4-3-5;1-4-5(2,3)6/h9-10,13-15H,11-12,16H2,1-8H3;4-5,8-10H,6-7,11H2,1-3H3,(H,22,23);3-4,7-9H,5-6,10H2,1-2H3,(H2,21,22);7-8H,9H2,1-6H3;3-4,7,12H,5-6H2,1-2H3;1-4,7-8H;4,6H,1H2,2-3H3. The summed E-state index contributed by atoms with van der Waals surface area (Å²) in [6, 6.07) is 41.8. The van der Waals surface area contributed by atoms with Crippen LogP contribution in [-0.2, 0) is 79.8 Å². The lowest BCUT2D eigenvalue weighted by atomic mass is 9.94. The number of nitrogens with two attached hydrogens (primary N) is 1. The van der Waals surface area contributed by atoms with Gasteiger partial charge in [-0.25, -0.2) is 27.6 Å². The van der Waals surface area contributed by atoms with E-state index < -0.39 is 62.4 Å². The van der Waals surface area contributed by atoms with Crippen molar-refractivity contribution in [3.8, 4) is 57.5 Å². The highest BCUT2D eigenvalue weighted by atomic mass is 79.9. The van der Waals surface area contributed by atoms with Gasteiger partial charge >= 0.3 is 24.4 Å². The van der Waals surface area contributed by atoms with Gasteiger partial charge in [-0.05, 0) is 377 Å². The van der Waals surface area contributed by atoms with Crippen molar-refractivity contribution in [2.75, 3.05) is 26.5 Å². The van der Waals surface area contributed by atoms with Gasteiger partial charge in [0.1, 0.15) is 122 Å². The zero-order chi connectivity index (χ0) is 108. The highest BCUT2D eigenvalue weighted by Crippen LogP contribution is 2.44. The SMILES string of the molecule is C=CC(C)(C)O.CC(C)(C)OC(=O)N(C(=O)OC(C)(C)C)c1noc2cc(CBr)c(Cl)cc12.CC(C)(C)OC(=O)N(C(=O)OC(C)(C)C)c1noc2cc(COc3ccc4c(c3)CCC(C)(C)O4)c(Cl)cc12.CC1(C)CCc2cc(O)ccc2O1.CC1(C)CCc2cc(OCc3cc4onc(N)c4cc3Cl)ccc2O1.CC1(C)CCc2cc(OCc3cc4onc(NS(C)(=O)=O)c4cc3Cl)ccc2O1.Oc1ccc(O)cc1. The number of alkyl halides is 1.